The molecule has 102 valence electrons. The fourth-order valence-electron chi connectivity index (χ4n) is 2.55. The Kier molecular flexibility index (Phi) is 3.40. The van der Waals surface area contributed by atoms with E-state index < -0.39 is 0 Å². The maximum absolute atomic E-state index is 12.1. The van der Waals surface area contributed by atoms with Crippen molar-refractivity contribution in [3.8, 4) is 0 Å². The monoisotopic (exact) mass is 288 g/mol. The number of pyridine rings is 2. The summed E-state index contributed by atoms with van der Waals surface area (Å²) in [6.07, 6.45) is 3.78. The third kappa shape index (κ3) is 2.39. The molecule has 0 radical (unpaired) electrons. The number of carbonyl (C=O) groups is 1. The molecule has 5 heteroatoms. The highest BCUT2D eigenvalue weighted by atomic mass is 35.5. The molecule has 0 amide bonds. The highest BCUT2D eigenvalue weighted by Gasteiger charge is 2.20. The molecule has 0 unspecified atom stereocenters. The number of aromatic nitrogens is 2. The van der Waals surface area contributed by atoms with E-state index in [9.17, 15) is 9.59 Å². The summed E-state index contributed by atoms with van der Waals surface area (Å²) >= 11 is 5.76. The molecule has 1 aliphatic rings. The lowest BCUT2D eigenvalue weighted by molar-refractivity contribution is 0.0970. The van der Waals surface area contributed by atoms with Gasteiger partial charge in [-0.25, -0.2) is 4.98 Å². The largest absolute Gasteiger partial charge is 0.307 e. The molecule has 0 atom stereocenters. The maximum Gasteiger partial charge on any atom is 0.251 e. The predicted molar refractivity (Wildman–Crippen MR) is 76.3 cm³/mol. The minimum Gasteiger partial charge on any atom is -0.307 e. The molecule has 3 rings (SSSR count). The topological polar surface area (TPSA) is 52.0 Å². The van der Waals surface area contributed by atoms with Gasteiger partial charge < -0.3 is 4.57 Å². The molecule has 0 N–H and O–H groups in total. The number of nitrogens with zero attached hydrogens (tertiary/aromatic N) is 2. The number of hydrogen-bond acceptors (Lipinski definition) is 3. The summed E-state index contributed by atoms with van der Waals surface area (Å²) in [7, 11) is 0. The molecule has 20 heavy (non-hydrogen) atoms. The van der Waals surface area contributed by atoms with E-state index in [1.807, 2.05) is 6.07 Å². The Morgan fingerprint density at radius 3 is 2.75 bits per heavy atom. The van der Waals surface area contributed by atoms with Crippen LogP contribution in [-0.4, -0.2) is 15.3 Å². The Morgan fingerprint density at radius 1 is 1.15 bits per heavy atom. The van der Waals surface area contributed by atoms with Crippen molar-refractivity contribution >= 4 is 17.4 Å². The molecular weight excluding hydrogens is 276 g/mol. The van der Waals surface area contributed by atoms with Gasteiger partial charge in [-0.15, -0.1) is 0 Å². The molecule has 0 bridgehead atoms. The van der Waals surface area contributed by atoms with E-state index in [2.05, 4.69) is 4.98 Å². The standard InChI is InChI=1S/C15H13ClN2O2/c16-14-6-4-10(8-17-14)9-18-12-2-1-3-13(19)11(12)5-7-15(18)20/h4-8H,1-3,9H2. The van der Waals surface area contributed by atoms with Crippen LogP contribution in [-0.2, 0) is 13.0 Å². The zero-order valence-corrected chi connectivity index (χ0v) is 11.6. The quantitative estimate of drug-likeness (QED) is 0.798. The van der Waals surface area contributed by atoms with Gasteiger partial charge >= 0.3 is 0 Å². The number of rotatable bonds is 2. The van der Waals surface area contributed by atoms with Crippen molar-refractivity contribution in [2.75, 3.05) is 0 Å². The van der Waals surface area contributed by atoms with Gasteiger partial charge in [-0.2, -0.15) is 0 Å². The molecule has 4 nitrogen and oxygen atoms in total. The summed E-state index contributed by atoms with van der Waals surface area (Å²) in [6.45, 7) is 0.416. The molecule has 2 aromatic rings. The van der Waals surface area contributed by atoms with Crippen LogP contribution < -0.4 is 5.56 Å². The smallest absolute Gasteiger partial charge is 0.251 e. The summed E-state index contributed by atoms with van der Waals surface area (Å²) in [5.41, 5.74) is 2.32. The van der Waals surface area contributed by atoms with E-state index in [4.69, 9.17) is 11.6 Å². The summed E-state index contributed by atoms with van der Waals surface area (Å²) < 4.78 is 1.66. The third-order valence-corrected chi connectivity index (χ3v) is 3.77. The average molecular weight is 289 g/mol. The number of carbonyl (C=O) groups excluding carboxylic acids is 1. The molecule has 1 aliphatic carbocycles. The summed E-state index contributed by atoms with van der Waals surface area (Å²) in [4.78, 5) is 28.0. The first kappa shape index (κ1) is 13.1. The Bertz CT molecular complexity index is 720. The fourth-order valence-corrected chi connectivity index (χ4v) is 2.66. The highest BCUT2D eigenvalue weighted by Crippen LogP contribution is 2.20. The Hall–Kier alpha value is -1.94. The average Bonchev–Trinajstić information content (AvgIpc) is 2.44. The van der Waals surface area contributed by atoms with Crippen LogP contribution in [0, 0.1) is 0 Å². The van der Waals surface area contributed by atoms with Gasteiger partial charge in [0, 0.05) is 29.9 Å². The SMILES string of the molecule is O=C1CCCc2c1ccc(=O)n2Cc1ccc(Cl)nc1. The van der Waals surface area contributed by atoms with Gasteiger partial charge in [0.05, 0.1) is 6.54 Å². The zero-order valence-electron chi connectivity index (χ0n) is 10.8. The van der Waals surface area contributed by atoms with Gasteiger partial charge in [0.25, 0.3) is 5.56 Å². The number of Topliss-reactive ketones (excluding diaryl/α,β-unsaturated/α-hetero) is 1. The van der Waals surface area contributed by atoms with Crippen molar-refractivity contribution in [3.05, 3.63) is 62.8 Å². The molecule has 0 aliphatic heterocycles. The molecule has 0 saturated carbocycles. The minimum atomic E-state index is -0.0894. The van der Waals surface area contributed by atoms with Crippen LogP contribution in [0.3, 0.4) is 0 Å². The van der Waals surface area contributed by atoms with Crippen molar-refractivity contribution in [2.45, 2.75) is 25.8 Å². The minimum absolute atomic E-state index is 0.0894. The predicted octanol–water partition coefficient (Wildman–Crippen LogP) is 2.46. The first-order valence-electron chi connectivity index (χ1n) is 6.51. The first-order chi connectivity index (χ1) is 9.65. The molecular formula is C15H13ClN2O2. The van der Waals surface area contributed by atoms with Gasteiger partial charge in [0.2, 0.25) is 0 Å². The van der Waals surface area contributed by atoms with Crippen LogP contribution >= 0.6 is 11.6 Å². The number of hydrogen-bond donors (Lipinski definition) is 0. The highest BCUT2D eigenvalue weighted by molar-refractivity contribution is 6.29. The summed E-state index contributed by atoms with van der Waals surface area (Å²) in [5.74, 6) is 0.120. The van der Waals surface area contributed by atoms with E-state index in [0.717, 1.165) is 24.1 Å². The molecule has 0 aromatic carbocycles. The van der Waals surface area contributed by atoms with Crippen LogP contribution in [0.25, 0.3) is 0 Å². The Morgan fingerprint density at radius 2 is 2.00 bits per heavy atom. The molecule has 0 spiro atoms. The van der Waals surface area contributed by atoms with Gasteiger partial charge in [0.15, 0.2) is 5.78 Å². The fraction of sp³-hybridized carbons (Fsp3) is 0.267. The van der Waals surface area contributed by atoms with Gasteiger partial charge in [0.1, 0.15) is 5.15 Å². The zero-order chi connectivity index (χ0) is 14.1. The summed E-state index contributed by atoms with van der Waals surface area (Å²) in [5, 5.41) is 0.423. The summed E-state index contributed by atoms with van der Waals surface area (Å²) in [6, 6.07) is 6.65. The lowest BCUT2D eigenvalue weighted by Crippen LogP contribution is -2.28. The van der Waals surface area contributed by atoms with Crippen molar-refractivity contribution < 1.29 is 4.79 Å². The van der Waals surface area contributed by atoms with Gasteiger partial charge in [-0.1, -0.05) is 17.7 Å². The van der Waals surface area contributed by atoms with Gasteiger partial charge in [-0.3, -0.25) is 9.59 Å². The Balaban J connectivity index is 2.05. The molecule has 0 saturated heterocycles. The van der Waals surface area contributed by atoms with Gasteiger partial charge in [-0.05, 0) is 30.5 Å². The van der Waals surface area contributed by atoms with Crippen molar-refractivity contribution in [3.63, 3.8) is 0 Å². The van der Waals surface area contributed by atoms with Crippen LogP contribution in [0.1, 0.15) is 34.5 Å². The van der Waals surface area contributed by atoms with E-state index in [1.165, 1.54) is 6.07 Å². The van der Waals surface area contributed by atoms with Crippen LogP contribution in [0.2, 0.25) is 5.15 Å². The number of halogens is 1. The third-order valence-electron chi connectivity index (χ3n) is 3.54. The second-order valence-corrected chi connectivity index (χ2v) is 5.27. The van der Waals surface area contributed by atoms with Crippen LogP contribution in [0.15, 0.2) is 35.3 Å². The van der Waals surface area contributed by atoms with E-state index >= 15 is 0 Å². The van der Waals surface area contributed by atoms with Crippen molar-refractivity contribution in [1.82, 2.24) is 9.55 Å². The lowest BCUT2D eigenvalue weighted by atomic mass is 9.94. The van der Waals surface area contributed by atoms with E-state index in [1.54, 1.807) is 22.9 Å². The molecule has 0 fully saturated rings. The second-order valence-electron chi connectivity index (χ2n) is 4.88. The van der Waals surface area contributed by atoms with E-state index in [-0.39, 0.29) is 11.3 Å². The van der Waals surface area contributed by atoms with Crippen molar-refractivity contribution in [2.24, 2.45) is 0 Å². The van der Waals surface area contributed by atoms with Crippen LogP contribution in [0.5, 0.6) is 0 Å². The molecule has 2 heterocycles. The second kappa shape index (κ2) is 5.21. The van der Waals surface area contributed by atoms with E-state index in [0.29, 0.717) is 23.7 Å². The number of fused-ring (bicyclic) bond motifs is 1. The normalized spacial score (nSPS) is 14.2. The van der Waals surface area contributed by atoms with Crippen molar-refractivity contribution in [1.29, 1.82) is 0 Å². The Labute approximate surface area is 121 Å². The lowest BCUT2D eigenvalue weighted by Gasteiger charge is -2.19. The number of ketones is 1. The maximum atomic E-state index is 12.1. The first-order valence-corrected chi connectivity index (χ1v) is 6.89. The molecule has 2 aromatic heterocycles. The van der Waals surface area contributed by atoms with Crippen LogP contribution in [0.4, 0.5) is 0 Å².